The Balaban J connectivity index is 1.37. The first-order valence-corrected chi connectivity index (χ1v) is 10.5. The van der Waals surface area contributed by atoms with Crippen LogP contribution in [-0.2, 0) is 12.7 Å². The number of hydrogen-bond donors (Lipinski definition) is 1. The average Bonchev–Trinajstić information content (AvgIpc) is 3.14. The molecule has 0 spiro atoms. The highest BCUT2D eigenvalue weighted by atomic mass is 19.4. The zero-order valence-corrected chi connectivity index (χ0v) is 17.8. The fraction of sp³-hybridized carbons (Fsp3) is 0.375. The summed E-state index contributed by atoms with van der Waals surface area (Å²) in [5, 5.41) is 0. The van der Waals surface area contributed by atoms with Crippen LogP contribution in [0.15, 0.2) is 54.6 Å². The second-order valence-electron chi connectivity index (χ2n) is 8.19. The van der Waals surface area contributed by atoms with Crippen molar-refractivity contribution in [2.75, 3.05) is 25.0 Å². The molecular weight excluding hydrogens is 401 g/mol. The van der Waals surface area contributed by atoms with E-state index in [4.69, 9.17) is 0 Å². The smallest absolute Gasteiger partial charge is 0.372 e. The number of aromatic nitrogens is 2. The van der Waals surface area contributed by atoms with E-state index in [-0.39, 0.29) is 0 Å². The molecule has 1 aliphatic rings. The van der Waals surface area contributed by atoms with Crippen molar-refractivity contribution in [1.29, 1.82) is 0 Å². The molecule has 1 fully saturated rings. The van der Waals surface area contributed by atoms with Crippen LogP contribution >= 0.6 is 0 Å². The minimum absolute atomic E-state index is 0.515. The van der Waals surface area contributed by atoms with Crippen molar-refractivity contribution in [2.45, 2.75) is 38.5 Å². The largest absolute Gasteiger partial charge is 0.416 e. The van der Waals surface area contributed by atoms with Crippen LogP contribution in [-0.4, -0.2) is 41.0 Å². The summed E-state index contributed by atoms with van der Waals surface area (Å²) in [6, 6.07) is 16.1. The lowest BCUT2D eigenvalue weighted by atomic mass is 10.0. The summed E-state index contributed by atoms with van der Waals surface area (Å²) in [6.07, 6.45) is -2.16. The van der Waals surface area contributed by atoms with E-state index in [9.17, 15) is 13.2 Å². The highest BCUT2D eigenvalue weighted by molar-refractivity contribution is 5.56. The summed E-state index contributed by atoms with van der Waals surface area (Å²) in [5.41, 5.74) is 3.15. The Morgan fingerprint density at radius 1 is 1.03 bits per heavy atom. The number of anilines is 1. The molecule has 31 heavy (non-hydrogen) atoms. The van der Waals surface area contributed by atoms with Crippen molar-refractivity contribution in [3.63, 3.8) is 0 Å². The molecule has 1 aromatic heterocycles. The lowest BCUT2D eigenvalue weighted by molar-refractivity contribution is -0.137. The van der Waals surface area contributed by atoms with E-state index in [1.54, 1.807) is 0 Å². The van der Waals surface area contributed by atoms with Gasteiger partial charge in [-0.25, -0.2) is 4.98 Å². The van der Waals surface area contributed by atoms with Crippen LogP contribution in [0.1, 0.15) is 29.8 Å². The van der Waals surface area contributed by atoms with E-state index < -0.39 is 11.7 Å². The molecule has 1 saturated heterocycles. The standard InChI is InChI=1S/C24H27F3N4/c1-17-22(29-23(28-17)18-8-10-19(11-9-18)24(25,26)27)16-31-14-12-21(13-15-31)30(2)20-6-4-3-5-7-20/h3-11,21H,12-16H2,1-2H3,(H,28,29). The number of hydrogen-bond acceptors (Lipinski definition) is 3. The van der Waals surface area contributed by atoms with Gasteiger partial charge < -0.3 is 9.88 Å². The highest BCUT2D eigenvalue weighted by Crippen LogP contribution is 2.31. The number of aryl methyl sites for hydroxylation is 1. The van der Waals surface area contributed by atoms with Crippen molar-refractivity contribution < 1.29 is 13.2 Å². The van der Waals surface area contributed by atoms with Gasteiger partial charge in [0.05, 0.1) is 11.3 Å². The molecule has 3 aromatic rings. The van der Waals surface area contributed by atoms with E-state index in [0.717, 1.165) is 56.0 Å². The SMILES string of the molecule is Cc1[nH]c(-c2ccc(C(F)(F)F)cc2)nc1CN1CCC(N(C)c2ccccc2)CC1. The molecule has 0 bridgehead atoms. The number of nitrogens with one attached hydrogen (secondary N) is 1. The molecule has 164 valence electrons. The highest BCUT2D eigenvalue weighted by Gasteiger charge is 2.30. The molecule has 1 N–H and O–H groups in total. The third-order valence-electron chi connectivity index (χ3n) is 6.11. The Morgan fingerprint density at radius 2 is 1.68 bits per heavy atom. The Hall–Kier alpha value is -2.80. The number of halogens is 3. The third kappa shape index (κ3) is 4.93. The summed E-state index contributed by atoms with van der Waals surface area (Å²) in [7, 11) is 2.16. The quantitative estimate of drug-likeness (QED) is 0.582. The summed E-state index contributed by atoms with van der Waals surface area (Å²) in [5.74, 6) is 0.611. The van der Waals surface area contributed by atoms with E-state index in [2.05, 4.69) is 51.1 Å². The van der Waals surface area contributed by atoms with E-state index >= 15 is 0 Å². The summed E-state index contributed by atoms with van der Waals surface area (Å²) >= 11 is 0. The van der Waals surface area contributed by atoms with E-state index in [1.807, 2.05) is 13.0 Å². The van der Waals surface area contributed by atoms with Crippen molar-refractivity contribution in [3.05, 3.63) is 71.5 Å². The average molecular weight is 429 g/mol. The Kier molecular flexibility index (Phi) is 6.05. The number of likely N-dealkylation sites (tertiary alicyclic amines) is 1. The lowest BCUT2D eigenvalue weighted by Gasteiger charge is -2.37. The number of H-pyrrole nitrogens is 1. The van der Waals surface area contributed by atoms with Crippen LogP contribution in [0, 0.1) is 6.92 Å². The summed E-state index contributed by atoms with van der Waals surface area (Å²) in [6.45, 7) is 4.68. The van der Waals surface area contributed by atoms with Crippen LogP contribution in [0.5, 0.6) is 0 Å². The van der Waals surface area contributed by atoms with Gasteiger partial charge >= 0.3 is 6.18 Å². The molecule has 7 heteroatoms. The lowest BCUT2D eigenvalue weighted by Crippen LogP contribution is -2.43. The van der Waals surface area contributed by atoms with Crippen LogP contribution in [0.25, 0.3) is 11.4 Å². The topological polar surface area (TPSA) is 35.2 Å². The van der Waals surface area contributed by atoms with Gasteiger partial charge in [0, 0.05) is 49.7 Å². The first kappa shape index (κ1) is 21.4. The van der Waals surface area contributed by atoms with Crippen molar-refractivity contribution in [1.82, 2.24) is 14.9 Å². The molecule has 0 radical (unpaired) electrons. The third-order valence-corrected chi connectivity index (χ3v) is 6.11. The number of para-hydroxylation sites is 1. The predicted octanol–water partition coefficient (Wildman–Crippen LogP) is 5.50. The maximum Gasteiger partial charge on any atom is 0.416 e. The molecule has 0 aliphatic carbocycles. The molecule has 0 unspecified atom stereocenters. The number of aromatic amines is 1. The maximum atomic E-state index is 12.8. The van der Waals surface area contributed by atoms with Gasteiger partial charge in [-0.1, -0.05) is 30.3 Å². The maximum absolute atomic E-state index is 12.8. The predicted molar refractivity (Wildman–Crippen MR) is 117 cm³/mol. The van der Waals surface area contributed by atoms with Crippen LogP contribution < -0.4 is 4.90 Å². The fourth-order valence-corrected chi connectivity index (χ4v) is 4.15. The first-order chi connectivity index (χ1) is 14.8. The van der Waals surface area contributed by atoms with Gasteiger partial charge in [-0.15, -0.1) is 0 Å². The molecular formula is C24H27F3N4. The van der Waals surface area contributed by atoms with Gasteiger partial charge in [0.15, 0.2) is 0 Å². The van der Waals surface area contributed by atoms with E-state index in [0.29, 0.717) is 17.4 Å². The molecule has 1 aliphatic heterocycles. The van der Waals surface area contributed by atoms with Gasteiger partial charge in [0.1, 0.15) is 5.82 Å². The number of imidazole rings is 1. The number of nitrogens with zero attached hydrogens (tertiary/aromatic N) is 3. The molecule has 0 atom stereocenters. The molecule has 2 aromatic carbocycles. The van der Waals surface area contributed by atoms with E-state index in [1.165, 1.54) is 17.8 Å². The molecule has 0 saturated carbocycles. The van der Waals surface area contributed by atoms with Crippen LogP contribution in [0.3, 0.4) is 0 Å². The minimum Gasteiger partial charge on any atom is -0.372 e. The second kappa shape index (κ2) is 8.75. The number of rotatable bonds is 5. The summed E-state index contributed by atoms with van der Waals surface area (Å²) in [4.78, 5) is 12.7. The number of piperidine rings is 1. The van der Waals surface area contributed by atoms with Crippen molar-refractivity contribution >= 4 is 5.69 Å². The zero-order valence-electron chi connectivity index (χ0n) is 17.8. The van der Waals surface area contributed by atoms with Gasteiger partial charge in [0.25, 0.3) is 0 Å². The molecule has 2 heterocycles. The van der Waals surface area contributed by atoms with Crippen molar-refractivity contribution in [3.8, 4) is 11.4 Å². The molecule has 0 amide bonds. The van der Waals surface area contributed by atoms with Gasteiger partial charge in [-0.2, -0.15) is 13.2 Å². The van der Waals surface area contributed by atoms with Crippen molar-refractivity contribution in [2.24, 2.45) is 0 Å². The Labute approximate surface area is 180 Å². The normalized spacial score (nSPS) is 15.9. The number of alkyl halides is 3. The molecule has 4 rings (SSSR count). The Bertz CT molecular complexity index is 988. The monoisotopic (exact) mass is 428 g/mol. The summed E-state index contributed by atoms with van der Waals surface area (Å²) < 4.78 is 38.4. The number of benzene rings is 2. The van der Waals surface area contributed by atoms with Gasteiger partial charge in [-0.05, 0) is 44.0 Å². The zero-order chi connectivity index (χ0) is 22.0. The van der Waals surface area contributed by atoms with Gasteiger partial charge in [-0.3, -0.25) is 4.90 Å². The second-order valence-corrected chi connectivity index (χ2v) is 8.19. The van der Waals surface area contributed by atoms with Crippen LogP contribution in [0.4, 0.5) is 18.9 Å². The molecule has 4 nitrogen and oxygen atoms in total. The first-order valence-electron chi connectivity index (χ1n) is 10.5. The Morgan fingerprint density at radius 3 is 2.29 bits per heavy atom. The minimum atomic E-state index is -4.33. The van der Waals surface area contributed by atoms with Gasteiger partial charge in [0.2, 0.25) is 0 Å². The fourth-order valence-electron chi connectivity index (χ4n) is 4.15. The van der Waals surface area contributed by atoms with Crippen LogP contribution in [0.2, 0.25) is 0 Å².